The van der Waals surface area contributed by atoms with E-state index in [2.05, 4.69) is 176 Å². The smallest absolute Gasteiger partial charge is 0.160 e. The van der Waals surface area contributed by atoms with E-state index in [4.69, 9.17) is 15.0 Å². The molecule has 10 aromatic rings. The molecule has 55 heavy (non-hydrogen) atoms. The summed E-state index contributed by atoms with van der Waals surface area (Å²) in [5.41, 5.74) is 13.9. The molecule has 2 heterocycles. The van der Waals surface area contributed by atoms with Gasteiger partial charge in [0.15, 0.2) is 5.82 Å². The highest BCUT2D eigenvalue weighted by atomic mass is 14.9. The molecule has 0 spiro atoms. The predicted molar refractivity (Wildman–Crippen MR) is 226 cm³/mol. The van der Waals surface area contributed by atoms with Crippen LogP contribution in [-0.2, 0) is 5.41 Å². The zero-order valence-electron chi connectivity index (χ0n) is 29.9. The molecular weight excluding hydrogens is 667 g/mol. The molecule has 11 rings (SSSR count). The van der Waals surface area contributed by atoms with Crippen molar-refractivity contribution in [1.82, 2.24) is 15.0 Å². The third-order valence-electron chi connectivity index (χ3n) is 11.3. The van der Waals surface area contributed by atoms with Gasteiger partial charge in [0.05, 0.1) is 27.8 Å². The monoisotopic (exact) mass is 699 g/mol. The number of benzene rings is 8. The van der Waals surface area contributed by atoms with Gasteiger partial charge in [0.2, 0.25) is 0 Å². The highest BCUT2D eigenvalue weighted by Gasteiger charge is 2.46. The molecule has 0 saturated heterocycles. The standard InChI is InChI=1S/C52H33N3/c1-4-17-34(18-5-1)51-54-46-30-15-12-27-41(46)49(55-51)35-19-16-20-36(33-35)50-42-31-32-44-48(47(42)40-26-11-14-29-45(40)53-50)39-25-10-13-28-43(39)52(44,37-21-6-2-7-22-37)38-23-8-3-9-24-38/h1-33H. The van der Waals surface area contributed by atoms with Gasteiger partial charge in [-0.1, -0.05) is 182 Å². The zero-order valence-corrected chi connectivity index (χ0v) is 29.9. The number of para-hydroxylation sites is 2. The number of fused-ring (bicyclic) bond motifs is 8. The number of nitrogens with zero attached hydrogens (tertiary/aromatic N) is 3. The first-order valence-corrected chi connectivity index (χ1v) is 18.8. The van der Waals surface area contributed by atoms with E-state index < -0.39 is 5.41 Å². The van der Waals surface area contributed by atoms with Gasteiger partial charge in [-0.25, -0.2) is 15.0 Å². The molecule has 0 bridgehead atoms. The van der Waals surface area contributed by atoms with E-state index in [1.807, 2.05) is 24.3 Å². The lowest BCUT2D eigenvalue weighted by atomic mass is 9.67. The maximum absolute atomic E-state index is 5.44. The molecule has 0 N–H and O–H groups in total. The van der Waals surface area contributed by atoms with Gasteiger partial charge in [-0.3, -0.25) is 0 Å². The van der Waals surface area contributed by atoms with Crippen LogP contribution in [0.25, 0.3) is 77.6 Å². The molecule has 1 aliphatic rings. The highest BCUT2D eigenvalue weighted by Crippen LogP contribution is 2.58. The second-order valence-corrected chi connectivity index (χ2v) is 14.3. The van der Waals surface area contributed by atoms with E-state index in [0.29, 0.717) is 5.82 Å². The summed E-state index contributed by atoms with van der Waals surface area (Å²) in [6.45, 7) is 0. The Balaban J connectivity index is 1.20. The summed E-state index contributed by atoms with van der Waals surface area (Å²) in [5, 5.41) is 4.51. The molecule has 2 aromatic heterocycles. The van der Waals surface area contributed by atoms with Gasteiger partial charge in [0.1, 0.15) is 0 Å². The summed E-state index contributed by atoms with van der Waals surface area (Å²) in [7, 11) is 0. The lowest BCUT2D eigenvalue weighted by molar-refractivity contribution is 0.769. The van der Waals surface area contributed by atoms with Crippen LogP contribution in [-0.4, -0.2) is 15.0 Å². The zero-order chi connectivity index (χ0) is 36.3. The normalized spacial score (nSPS) is 12.9. The third kappa shape index (κ3) is 4.73. The Morgan fingerprint density at radius 2 is 0.891 bits per heavy atom. The maximum Gasteiger partial charge on any atom is 0.160 e. The van der Waals surface area contributed by atoms with Crippen LogP contribution in [0.5, 0.6) is 0 Å². The topological polar surface area (TPSA) is 38.7 Å². The Labute approximate surface area is 319 Å². The van der Waals surface area contributed by atoms with E-state index in [1.54, 1.807) is 0 Å². The Hall–Kier alpha value is -7.23. The SMILES string of the molecule is c1ccc(-c2nc(-c3cccc(-c4nc5ccccc5c5c6c(ccc45)C(c4ccccc4)(c4ccccc4)c4ccccc4-6)c3)c3ccccc3n2)cc1. The van der Waals surface area contributed by atoms with Gasteiger partial charge < -0.3 is 0 Å². The second kappa shape index (κ2) is 12.4. The Morgan fingerprint density at radius 3 is 1.60 bits per heavy atom. The Kier molecular flexibility index (Phi) is 7.08. The summed E-state index contributed by atoms with van der Waals surface area (Å²) in [4.78, 5) is 15.6. The number of hydrogen-bond acceptors (Lipinski definition) is 3. The summed E-state index contributed by atoms with van der Waals surface area (Å²) in [6.07, 6.45) is 0. The molecule has 1 aliphatic carbocycles. The molecule has 0 atom stereocenters. The van der Waals surface area contributed by atoms with Gasteiger partial charge in [-0.2, -0.15) is 0 Å². The summed E-state index contributed by atoms with van der Waals surface area (Å²) in [5.74, 6) is 0.712. The van der Waals surface area contributed by atoms with E-state index >= 15 is 0 Å². The molecular formula is C52H33N3. The Bertz CT molecular complexity index is 3040. The number of pyridine rings is 1. The van der Waals surface area contributed by atoms with Crippen molar-refractivity contribution >= 4 is 32.6 Å². The molecule has 0 fully saturated rings. The first-order chi connectivity index (χ1) is 27.3. The van der Waals surface area contributed by atoms with E-state index in [-0.39, 0.29) is 0 Å². The van der Waals surface area contributed by atoms with Crippen LogP contribution in [0.2, 0.25) is 0 Å². The van der Waals surface area contributed by atoms with E-state index in [9.17, 15) is 0 Å². The van der Waals surface area contributed by atoms with Crippen LogP contribution in [0.3, 0.4) is 0 Å². The van der Waals surface area contributed by atoms with Gasteiger partial charge >= 0.3 is 0 Å². The van der Waals surface area contributed by atoms with Crippen molar-refractivity contribution in [3.63, 3.8) is 0 Å². The van der Waals surface area contributed by atoms with Crippen LogP contribution in [0.15, 0.2) is 200 Å². The molecule has 256 valence electrons. The Morgan fingerprint density at radius 1 is 0.345 bits per heavy atom. The minimum absolute atomic E-state index is 0.488. The van der Waals surface area contributed by atoms with Crippen molar-refractivity contribution in [2.75, 3.05) is 0 Å². The van der Waals surface area contributed by atoms with Gasteiger partial charge in [0, 0.05) is 38.2 Å². The number of hydrogen-bond donors (Lipinski definition) is 0. The average molecular weight is 700 g/mol. The van der Waals surface area contributed by atoms with Crippen molar-refractivity contribution in [3.8, 4) is 45.0 Å². The third-order valence-corrected chi connectivity index (χ3v) is 11.3. The van der Waals surface area contributed by atoms with Crippen molar-refractivity contribution in [3.05, 3.63) is 222 Å². The van der Waals surface area contributed by atoms with Crippen LogP contribution >= 0.6 is 0 Å². The number of rotatable bonds is 5. The van der Waals surface area contributed by atoms with Gasteiger partial charge in [-0.15, -0.1) is 0 Å². The molecule has 0 unspecified atom stereocenters. The van der Waals surface area contributed by atoms with Gasteiger partial charge in [-0.05, 0) is 51.6 Å². The first-order valence-electron chi connectivity index (χ1n) is 18.8. The van der Waals surface area contributed by atoms with Crippen molar-refractivity contribution in [2.45, 2.75) is 5.41 Å². The fourth-order valence-corrected chi connectivity index (χ4v) is 9.02. The van der Waals surface area contributed by atoms with Crippen LogP contribution < -0.4 is 0 Å². The second-order valence-electron chi connectivity index (χ2n) is 14.3. The molecule has 0 radical (unpaired) electrons. The summed E-state index contributed by atoms with van der Waals surface area (Å²) in [6, 6.07) is 71.5. The van der Waals surface area contributed by atoms with Gasteiger partial charge in [0.25, 0.3) is 0 Å². The predicted octanol–water partition coefficient (Wildman–Crippen LogP) is 12.7. The highest BCUT2D eigenvalue weighted by molar-refractivity contribution is 6.19. The fourth-order valence-electron chi connectivity index (χ4n) is 9.02. The van der Waals surface area contributed by atoms with Crippen LogP contribution in [0.4, 0.5) is 0 Å². The lowest BCUT2D eigenvalue weighted by Gasteiger charge is -2.34. The largest absolute Gasteiger partial charge is 0.247 e. The summed E-state index contributed by atoms with van der Waals surface area (Å²) >= 11 is 0. The average Bonchev–Trinajstić information content (AvgIpc) is 3.58. The molecule has 3 nitrogen and oxygen atoms in total. The summed E-state index contributed by atoms with van der Waals surface area (Å²) < 4.78 is 0. The molecule has 3 heteroatoms. The lowest BCUT2D eigenvalue weighted by Crippen LogP contribution is -2.28. The van der Waals surface area contributed by atoms with Crippen LogP contribution in [0.1, 0.15) is 22.3 Å². The van der Waals surface area contributed by atoms with Crippen molar-refractivity contribution < 1.29 is 0 Å². The van der Waals surface area contributed by atoms with Crippen molar-refractivity contribution in [2.24, 2.45) is 0 Å². The minimum Gasteiger partial charge on any atom is -0.247 e. The minimum atomic E-state index is -0.488. The molecule has 0 amide bonds. The fraction of sp³-hybridized carbons (Fsp3) is 0.0192. The van der Waals surface area contributed by atoms with Crippen molar-refractivity contribution in [1.29, 1.82) is 0 Å². The molecule has 0 saturated carbocycles. The van der Waals surface area contributed by atoms with Crippen LogP contribution in [0, 0.1) is 0 Å². The first kappa shape index (κ1) is 31.3. The van der Waals surface area contributed by atoms with E-state index in [1.165, 1.54) is 38.8 Å². The maximum atomic E-state index is 5.44. The quantitative estimate of drug-likeness (QED) is 0.168. The number of aromatic nitrogens is 3. The van der Waals surface area contributed by atoms with E-state index in [0.717, 1.165) is 55.3 Å². The molecule has 8 aromatic carbocycles. The molecule has 0 aliphatic heterocycles.